The van der Waals surface area contributed by atoms with Gasteiger partial charge in [-0.25, -0.2) is 4.98 Å². The summed E-state index contributed by atoms with van der Waals surface area (Å²) in [5, 5.41) is 0. The van der Waals surface area contributed by atoms with Gasteiger partial charge >= 0.3 is 0 Å². The number of nitrogens with one attached hydrogen (secondary N) is 1. The highest BCUT2D eigenvalue weighted by molar-refractivity contribution is 7.11. The zero-order valence-electron chi connectivity index (χ0n) is 12.7. The van der Waals surface area contributed by atoms with Crippen LogP contribution >= 0.6 is 11.3 Å². The van der Waals surface area contributed by atoms with Crippen molar-refractivity contribution in [3.05, 3.63) is 50.3 Å². The van der Waals surface area contributed by atoms with Crippen molar-refractivity contribution in [3.63, 3.8) is 0 Å². The number of thiophene rings is 1. The minimum absolute atomic E-state index is 0.0933. The highest BCUT2D eigenvalue weighted by Gasteiger charge is 2.20. The third-order valence-corrected chi connectivity index (χ3v) is 4.84. The number of aromatic amines is 1. The topological polar surface area (TPSA) is 58.2 Å². The summed E-state index contributed by atoms with van der Waals surface area (Å²) in [5.74, 6) is 0. The Balaban J connectivity index is 1.51. The molecule has 1 atom stereocenters. The quantitative estimate of drug-likeness (QED) is 0.915. The molecule has 1 fully saturated rings. The van der Waals surface area contributed by atoms with Gasteiger partial charge < -0.3 is 9.72 Å². The molecule has 6 heteroatoms. The summed E-state index contributed by atoms with van der Waals surface area (Å²) in [4.78, 5) is 23.2. The molecule has 3 heterocycles. The number of H-pyrrole nitrogens is 1. The van der Waals surface area contributed by atoms with E-state index in [-0.39, 0.29) is 11.7 Å². The number of ether oxygens (including phenoxy) is 1. The maximum atomic E-state index is 11.3. The van der Waals surface area contributed by atoms with Crippen molar-refractivity contribution < 1.29 is 4.74 Å². The second-order valence-corrected chi connectivity index (χ2v) is 7.05. The number of aromatic nitrogens is 2. The molecule has 0 aromatic carbocycles. The molecule has 22 heavy (non-hydrogen) atoms. The molecular weight excluding hydrogens is 298 g/mol. The lowest BCUT2D eigenvalue weighted by atomic mass is 10.1. The highest BCUT2D eigenvalue weighted by Crippen LogP contribution is 2.19. The third kappa shape index (κ3) is 4.25. The molecule has 1 aliphatic heterocycles. The Hall–Kier alpha value is -1.50. The molecule has 3 rings (SSSR count). The summed E-state index contributed by atoms with van der Waals surface area (Å²) < 4.78 is 5.85. The smallest absolute Gasteiger partial charge is 0.250 e. The van der Waals surface area contributed by atoms with Crippen LogP contribution in [0.15, 0.2) is 29.3 Å². The van der Waals surface area contributed by atoms with Crippen molar-refractivity contribution in [1.82, 2.24) is 14.9 Å². The van der Waals surface area contributed by atoms with Gasteiger partial charge in [-0.15, -0.1) is 11.3 Å². The van der Waals surface area contributed by atoms with Gasteiger partial charge in [0.15, 0.2) is 0 Å². The molecule has 1 saturated heterocycles. The van der Waals surface area contributed by atoms with E-state index in [0.29, 0.717) is 0 Å². The van der Waals surface area contributed by atoms with E-state index in [4.69, 9.17) is 4.74 Å². The van der Waals surface area contributed by atoms with E-state index in [2.05, 4.69) is 33.9 Å². The first-order chi connectivity index (χ1) is 10.7. The predicted octanol–water partition coefficient (Wildman–Crippen LogP) is 1.97. The fourth-order valence-electron chi connectivity index (χ4n) is 2.74. The van der Waals surface area contributed by atoms with Crippen LogP contribution in [0.2, 0.25) is 0 Å². The number of morpholine rings is 1. The molecule has 0 spiro atoms. The lowest BCUT2D eigenvalue weighted by Gasteiger charge is -2.32. The lowest BCUT2D eigenvalue weighted by Crippen LogP contribution is -2.42. The van der Waals surface area contributed by atoms with E-state index < -0.39 is 0 Å². The van der Waals surface area contributed by atoms with Gasteiger partial charge in [-0.1, -0.05) is 0 Å². The second kappa shape index (κ2) is 7.17. The first-order valence-electron chi connectivity index (χ1n) is 7.62. The Morgan fingerprint density at radius 2 is 2.41 bits per heavy atom. The number of hydrogen-bond acceptors (Lipinski definition) is 5. The van der Waals surface area contributed by atoms with Gasteiger partial charge in [0, 0.05) is 41.1 Å². The van der Waals surface area contributed by atoms with Crippen LogP contribution in [0.5, 0.6) is 0 Å². The largest absolute Gasteiger partial charge is 0.376 e. The first kappa shape index (κ1) is 15.4. The minimum Gasteiger partial charge on any atom is -0.376 e. The number of aryl methyl sites for hydroxylation is 2. The zero-order valence-corrected chi connectivity index (χ0v) is 13.6. The highest BCUT2D eigenvalue weighted by atomic mass is 32.1. The van der Waals surface area contributed by atoms with E-state index in [1.807, 2.05) is 11.3 Å². The summed E-state index contributed by atoms with van der Waals surface area (Å²) in [6, 6.07) is 5.95. The standard InChI is InChI=1S/C16H21N3O2S/c1-12-2-5-15(22-12)10-19-6-7-21-14(9-19)4-3-13-8-16(20)18-11-17-13/h2,5,8,11,14H,3-4,6-7,9-10H2,1H3,(H,17,18,20)/t14-/m0/s1. The van der Waals surface area contributed by atoms with Crippen LogP contribution in [0.4, 0.5) is 0 Å². The van der Waals surface area contributed by atoms with Gasteiger partial charge in [0.2, 0.25) is 0 Å². The van der Waals surface area contributed by atoms with Crippen LogP contribution < -0.4 is 5.56 Å². The van der Waals surface area contributed by atoms with Crippen molar-refractivity contribution in [1.29, 1.82) is 0 Å². The van der Waals surface area contributed by atoms with Crippen LogP contribution in [0.25, 0.3) is 0 Å². The molecule has 1 N–H and O–H groups in total. The summed E-state index contributed by atoms with van der Waals surface area (Å²) in [6.07, 6.45) is 3.36. The van der Waals surface area contributed by atoms with Gasteiger partial charge in [0.05, 0.1) is 19.0 Å². The van der Waals surface area contributed by atoms with Gasteiger partial charge in [0.1, 0.15) is 0 Å². The van der Waals surface area contributed by atoms with Crippen molar-refractivity contribution in [2.24, 2.45) is 0 Å². The van der Waals surface area contributed by atoms with E-state index in [0.717, 1.165) is 44.8 Å². The van der Waals surface area contributed by atoms with E-state index in [1.54, 1.807) is 6.07 Å². The van der Waals surface area contributed by atoms with Crippen molar-refractivity contribution in [2.75, 3.05) is 19.7 Å². The van der Waals surface area contributed by atoms with E-state index in [1.165, 1.54) is 16.1 Å². The Kier molecular flexibility index (Phi) is 5.02. The fraction of sp³-hybridized carbons (Fsp3) is 0.500. The van der Waals surface area contributed by atoms with Crippen molar-refractivity contribution >= 4 is 11.3 Å². The van der Waals surface area contributed by atoms with Crippen LogP contribution in [0.1, 0.15) is 21.9 Å². The van der Waals surface area contributed by atoms with Crippen molar-refractivity contribution in [3.8, 4) is 0 Å². The zero-order chi connectivity index (χ0) is 15.4. The summed E-state index contributed by atoms with van der Waals surface area (Å²) in [7, 11) is 0. The second-order valence-electron chi connectivity index (χ2n) is 5.68. The Labute approximate surface area is 134 Å². The average molecular weight is 319 g/mol. The number of rotatable bonds is 5. The lowest BCUT2D eigenvalue weighted by molar-refractivity contribution is -0.0343. The Morgan fingerprint density at radius 1 is 1.50 bits per heavy atom. The molecule has 0 radical (unpaired) electrons. The van der Waals surface area contributed by atoms with E-state index >= 15 is 0 Å². The predicted molar refractivity (Wildman–Crippen MR) is 87.3 cm³/mol. The van der Waals surface area contributed by atoms with Crippen molar-refractivity contribution in [2.45, 2.75) is 32.4 Å². The molecule has 118 valence electrons. The normalized spacial score (nSPS) is 19.4. The van der Waals surface area contributed by atoms with Crippen LogP contribution in [0.3, 0.4) is 0 Å². The van der Waals surface area contributed by atoms with E-state index in [9.17, 15) is 4.79 Å². The fourth-order valence-corrected chi connectivity index (χ4v) is 3.68. The number of hydrogen-bond donors (Lipinski definition) is 1. The Bertz CT molecular complexity index is 667. The van der Waals surface area contributed by atoms with Crippen LogP contribution in [-0.4, -0.2) is 40.7 Å². The maximum absolute atomic E-state index is 11.3. The third-order valence-electron chi connectivity index (χ3n) is 3.86. The molecule has 2 aromatic rings. The molecule has 0 bridgehead atoms. The monoisotopic (exact) mass is 319 g/mol. The average Bonchev–Trinajstić information content (AvgIpc) is 2.91. The summed E-state index contributed by atoms with van der Waals surface area (Å²) in [5.41, 5.74) is 0.739. The molecule has 1 aliphatic rings. The van der Waals surface area contributed by atoms with Gasteiger partial charge in [0.25, 0.3) is 5.56 Å². The SMILES string of the molecule is Cc1ccc(CN2CCO[C@@H](CCc3cc(=O)[nH]cn3)C2)s1. The molecule has 0 saturated carbocycles. The molecular formula is C16H21N3O2S. The van der Waals surface area contributed by atoms with Gasteiger partial charge in [-0.3, -0.25) is 9.69 Å². The van der Waals surface area contributed by atoms with Gasteiger partial charge in [-0.2, -0.15) is 0 Å². The first-order valence-corrected chi connectivity index (χ1v) is 8.43. The summed E-state index contributed by atoms with van der Waals surface area (Å²) in [6.45, 7) is 5.85. The molecule has 0 aliphatic carbocycles. The molecule has 5 nitrogen and oxygen atoms in total. The molecule has 0 amide bonds. The Morgan fingerprint density at radius 3 is 3.18 bits per heavy atom. The maximum Gasteiger partial charge on any atom is 0.250 e. The van der Waals surface area contributed by atoms with Crippen LogP contribution in [0, 0.1) is 6.92 Å². The summed E-state index contributed by atoms with van der Waals surface area (Å²) >= 11 is 1.86. The molecule has 2 aromatic heterocycles. The molecule has 0 unspecified atom stereocenters. The minimum atomic E-state index is -0.0933. The van der Waals surface area contributed by atoms with Crippen LogP contribution in [-0.2, 0) is 17.7 Å². The number of nitrogens with zero attached hydrogens (tertiary/aromatic N) is 2. The van der Waals surface area contributed by atoms with Gasteiger partial charge in [-0.05, 0) is 31.9 Å².